The van der Waals surface area contributed by atoms with Gasteiger partial charge in [-0.2, -0.15) is 0 Å². The minimum atomic E-state index is -0.615. The fraction of sp³-hybridized carbons (Fsp3) is 0.941. The van der Waals surface area contributed by atoms with Crippen LogP contribution in [-0.2, 0) is 9.53 Å². The molecule has 0 amide bonds. The molecule has 3 atom stereocenters. The van der Waals surface area contributed by atoms with Crippen molar-refractivity contribution in [2.45, 2.75) is 78.9 Å². The molecule has 3 unspecified atom stereocenters. The lowest BCUT2D eigenvalue weighted by Gasteiger charge is -2.38. The van der Waals surface area contributed by atoms with Crippen LogP contribution in [0.4, 0.5) is 0 Å². The van der Waals surface area contributed by atoms with Gasteiger partial charge in [0.2, 0.25) is 0 Å². The summed E-state index contributed by atoms with van der Waals surface area (Å²) in [6.07, 6.45) is 1.75. The average molecular weight is 300 g/mol. The topological polar surface area (TPSA) is 41.6 Å². The summed E-state index contributed by atoms with van der Waals surface area (Å²) in [7, 11) is 2.14. The zero-order valence-corrected chi connectivity index (χ0v) is 15.3. The number of hydrogen-bond donors (Lipinski definition) is 1. The maximum absolute atomic E-state index is 12.3. The van der Waals surface area contributed by atoms with Gasteiger partial charge < -0.3 is 15.0 Å². The van der Waals surface area contributed by atoms with E-state index < -0.39 is 5.54 Å². The third-order valence-electron chi connectivity index (χ3n) is 4.50. The fourth-order valence-electron chi connectivity index (χ4n) is 2.53. The Labute approximate surface area is 131 Å². The van der Waals surface area contributed by atoms with Gasteiger partial charge in [-0.1, -0.05) is 20.8 Å². The Bertz CT molecular complexity index is 307. The Morgan fingerprint density at radius 1 is 1.24 bits per heavy atom. The van der Waals surface area contributed by atoms with Crippen LogP contribution in [0.15, 0.2) is 0 Å². The molecule has 0 spiro atoms. The van der Waals surface area contributed by atoms with Gasteiger partial charge >= 0.3 is 5.97 Å². The van der Waals surface area contributed by atoms with Crippen LogP contribution in [0.1, 0.15) is 61.3 Å². The van der Waals surface area contributed by atoms with Gasteiger partial charge in [-0.3, -0.25) is 4.79 Å². The van der Waals surface area contributed by atoms with Gasteiger partial charge in [0, 0.05) is 12.1 Å². The van der Waals surface area contributed by atoms with Crippen molar-refractivity contribution in [2.75, 3.05) is 20.2 Å². The zero-order valence-electron chi connectivity index (χ0n) is 15.3. The second kappa shape index (κ2) is 9.42. The lowest BCUT2D eigenvalue weighted by atomic mass is 9.91. The average Bonchev–Trinajstić information content (AvgIpc) is 2.43. The molecule has 4 heteroatoms. The molecule has 0 radical (unpaired) electrons. The quantitative estimate of drug-likeness (QED) is 0.630. The smallest absolute Gasteiger partial charge is 0.326 e. The summed E-state index contributed by atoms with van der Waals surface area (Å²) in [5.41, 5.74) is -0.615. The second-order valence-corrected chi connectivity index (χ2v) is 6.68. The van der Waals surface area contributed by atoms with Gasteiger partial charge in [-0.05, 0) is 60.0 Å². The third kappa shape index (κ3) is 6.35. The summed E-state index contributed by atoms with van der Waals surface area (Å²) in [6.45, 7) is 16.1. The molecule has 0 bridgehead atoms. The normalized spacial score (nSPS) is 17.6. The van der Waals surface area contributed by atoms with Crippen LogP contribution in [0, 0.1) is 5.92 Å². The number of carbonyl (C=O) groups is 1. The highest BCUT2D eigenvalue weighted by molar-refractivity contribution is 5.80. The molecule has 0 saturated carbocycles. The molecule has 0 fully saturated rings. The van der Waals surface area contributed by atoms with Crippen molar-refractivity contribution in [3.8, 4) is 0 Å². The van der Waals surface area contributed by atoms with E-state index in [2.05, 4.69) is 51.9 Å². The largest absolute Gasteiger partial charge is 0.465 e. The molecular formula is C17H36N2O2. The van der Waals surface area contributed by atoms with Gasteiger partial charge in [-0.25, -0.2) is 0 Å². The first-order valence-corrected chi connectivity index (χ1v) is 8.33. The van der Waals surface area contributed by atoms with Crippen LogP contribution in [0.3, 0.4) is 0 Å². The van der Waals surface area contributed by atoms with E-state index in [-0.39, 0.29) is 5.97 Å². The Kier molecular flexibility index (Phi) is 9.14. The van der Waals surface area contributed by atoms with Crippen LogP contribution in [0.5, 0.6) is 0 Å². The zero-order chi connectivity index (χ0) is 16.6. The Hall–Kier alpha value is -0.610. The summed E-state index contributed by atoms with van der Waals surface area (Å²) in [5, 5.41) is 3.38. The van der Waals surface area contributed by atoms with Gasteiger partial charge in [0.25, 0.3) is 0 Å². The number of hydrogen-bond acceptors (Lipinski definition) is 4. The third-order valence-corrected chi connectivity index (χ3v) is 4.50. The van der Waals surface area contributed by atoms with Gasteiger partial charge in [0.15, 0.2) is 0 Å². The van der Waals surface area contributed by atoms with E-state index in [1.165, 1.54) is 0 Å². The molecular weight excluding hydrogens is 264 g/mol. The van der Waals surface area contributed by atoms with Crippen LogP contribution in [0.2, 0.25) is 0 Å². The molecule has 0 aliphatic heterocycles. The summed E-state index contributed by atoms with van der Waals surface area (Å²) < 4.78 is 5.27. The van der Waals surface area contributed by atoms with E-state index in [1.807, 2.05) is 13.8 Å². The van der Waals surface area contributed by atoms with Crippen LogP contribution in [-0.4, -0.2) is 48.7 Å². The SMILES string of the molecule is CCCNC(C)(CC(C)N(C)C(C)C(C)C)C(=O)OCC. The monoisotopic (exact) mass is 300 g/mol. The molecule has 21 heavy (non-hydrogen) atoms. The van der Waals surface area contributed by atoms with E-state index in [9.17, 15) is 4.79 Å². The Morgan fingerprint density at radius 2 is 1.81 bits per heavy atom. The fourth-order valence-corrected chi connectivity index (χ4v) is 2.53. The van der Waals surface area contributed by atoms with Crippen LogP contribution < -0.4 is 5.32 Å². The number of rotatable bonds is 10. The summed E-state index contributed by atoms with van der Waals surface area (Å²) in [5.74, 6) is 0.450. The molecule has 1 N–H and O–H groups in total. The molecule has 0 aliphatic carbocycles. The number of carbonyl (C=O) groups excluding carboxylic acids is 1. The van der Waals surface area contributed by atoms with Crippen molar-refractivity contribution >= 4 is 5.97 Å². The molecule has 0 saturated heterocycles. The molecule has 126 valence electrons. The number of ether oxygens (including phenoxy) is 1. The van der Waals surface area contributed by atoms with Crippen molar-refractivity contribution in [2.24, 2.45) is 5.92 Å². The van der Waals surface area contributed by atoms with E-state index in [1.54, 1.807) is 0 Å². The predicted molar refractivity (Wildman–Crippen MR) is 89.5 cm³/mol. The molecule has 0 aromatic heterocycles. The standard InChI is InChI=1S/C17H36N2O2/c1-9-11-18-17(7,16(20)21-10-2)12-14(5)19(8)15(6)13(3)4/h13-15,18H,9-12H2,1-8H3. The molecule has 0 heterocycles. The van der Waals surface area contributed by atoms with Crippen molar-refractivity contribution in [3.05, 3.63) is 0 Å². The lowest BCUT2D eigenvalue weighted by molar-refractivity contribution is -0.151. The molecule has 0 aliphatic rings. The summed E-state index contributed by atoms with van der Waals surface area (Å²) in [4.78, 5) is 14.7. The lowest BCUT2D eigenvalue weighted by Crippen LogP contribution is -2.55. The van der Waals surface area contributed by atoms with Gasteiger partial charge in [0.1, 0.15) is 5.54 Å². The first kappa shape index (κ1) is 20.4. The number of esters is 1. The highest BCUT2D eigenvalue weighted by atomic mass is 16.5. The number of nitrogens with one attached hydrogen (secondary N) is 1. The minimum absolute atomic E-state index is 0.143. The van der Waals surface area contributed by atoms with E-state index in [0.717, 1.165) is 19.4 Å². The highest BCUT2D eigenvalue weighted by Crippen LogP contribution is 2.21. The molecule has 4 nitrogen and oxygen atoms in total. The maximum Gasteiger partial charge on any atom is 0.326 e. The van der Waals surface area contributed by atoms with E-state index in [4.69, 9.17) is 4.74 Å². The van der Waals surface area contributed by atoms with E-state index >= 15 is 0 Å². The summed E-state index contributed by atoms with van der Waals surface area (Å²) in [6, 6.07) is 0.791. The van der Waals surface area contributed by atoms with Crippen molar-refractivity contribution < 1.29 is 9.53 Å². The van der Waals surface area contributed by atoms with Crippen molar-refractivity contribution in [1.82, 2.24) is 10.2 Å². The van der Waals surface area contributed by atoms with Crippen LogP contribution >= 0.6 is 0 Å². The minimum Gasteiger partial charge on any atom is -0.465 e. The molecule has 0 aromatic rings. The first-order valence-electron chi connectivity index (χ1n) is 8.33. The van der Waals surface area contributed by atoms with Crippen molar-refractivity contribution in [3.63, 3.8) is 0 Å². The van der Waals surface area contributed by atoms with Gasteiger partial charge in [-0.15, -0.1) is 0 Å². The number of nitrogens with zero attached hydrogens (tertiary/aromatic N) is 1. The second-order valence-electron chi connectivity index (χ2n) is 6.68. The first-order chi connectivity index (χ1) is 9.69. The molecule has 0 rings (SSSR count). The Morgan fingerprint density at radius 3 is 2.24 bits per heavy atom. The van der Waals surface area contributed by atoms with Gasteiger partial charge in [0.05, 0.1) is 6.61 Å². The molecule has 0 aromatic carbocycles. The highest BCUT2D eigenvalue weighted by Gasteiger charge is 2.37. The maximum atomic E-state index is 12.3. The van der Waals surface area contributed by atoms with E-state index in [0.29, 0.717) is 24.6 Å². The predicted octanol–water partition coefficient (Wildman–Crippen LogP) is 3.06. The Balaban J connectivity index is 4.90. The van der Waals surface area contributed by atoms with Crippen molar-refractivity contribution in [1.29, 1.82) is 0 Å². The van der Waals surface area contributed by atoms with Crippen LogP contribution in [0.25, 0.3) is 0 Å². The summed E-state index contributed by atoms with van der Waals surface area (Å²) >= 11 is 0.